The Labute approximate surface area is 145 Å². The van der Waals surface area contributed by atoms with Crippen LogP contribution in [0, 0.1) is 10.8 Å². The minimum atomic E-state index is -3.97. The fourth-order valence-corrected chi connectivity index (χ4v) is 2.06. The number of rotatable bonds is 7. The lowest BCUT2D eigenvalue weighted by Gasteiger charge is -2.29. The number of aliphatic hydroxyl groups is 1. The highest BCUT2D eigenvalue weighted by Gasteiger charge is 2.26. The molecular weight excluding hydrogens is 358 g/mol. The lowest BCUT2D eigenvalue weighted by Crippen LogP contribution is -2.32. The molecule has 0 rings (SSSR count). The second-order valence-electron chi connectivity index (χ2n) is 8.09. The molecule has 0 aliphatic rings. The molecule has 2 unspecified atom stereocenters. The average molecular weight is 392 g/mol. The molecule has 0 bridgehead atoms. The van der Waals surface area contributed by atoms with E-state index in [0.717, 1.165) is 0 Å². The third kappa shape index (κ3) is 20.3. The molecule has 0 fully saturated rings. The van der Waals surface area contributed by atoms with E-state index in [0.29, 0.717) is 6.61 Å². The second-order valence-corrected chi connectivity index (χ2v) is 12.0. The summed E-state index contributed by atoms with van der Waals surface area (Å²) in [6.07, 6.45) is -1.08. The van der Waals surface area contributed by atoms with Gasteiger partial charge in [0, 0.05) is 6.66 Å². The van der Waals surface area contributed by atoms with Crippen LogP contribution in [-0.4, -0.2) is 58.5 Å². The zero-order valence-corrected chi connectivity index (χ0v) is 17.5. The summed E-state index contributed by atoms with van der Waals surface area (Å²) in [6, 6.07) is 0. The van der Waals surface area contributed by atoms with Crippen LogP contribution in [0.5, 0.6) is 0 Å². The topological polar surface area (TPSA) is 134 Å². The average Bonchev–Trinajstić information content (AvgIpc) is 2.23. The van der Waals surface area contributed by atoms with Crippen LogP contribution in [-0.2, 0) is 18.6 Å². The molecule has 2 atom stereocenters. The van der Waals surface area contributed by atoms with Crippen molar-refractivity contribution in [3.05, 3.63) is 0 Å². The minimum Gasteiger partial charge on any atom is -0.394 e. The van der Waals surface area contributed by atoms with Crippen LogP contribution in [0.25, 0.3) is 0 Å². The molecule has 0 heterocycles. The van der Waals surface area contributed by atoms with Gasteiger partial charge in [0.05, 0.1) is 19.3 Å². The lowest BCUT2D eigenvalue weighted by atomic mass is 9.90. The molecule has 10 heteroatoms. The summed E-state index contributed by atoms with van der Waals surface area (Å²) in [4.78, 5) is 25.8. The number of hydrogen-bond donors (Lipinski definition) is 4. The van der Waals surface area contributed by atoms with Crippen LogP contribution in [0.1, 0.15) is 41.5 Å². The van der Waals surface area contributed by atoms with Gasteiger partial charge in [-0.15, -0.1) is 0 Å². The van der Waals surface area contributed by atoms with Crippen molar-refractivity contribution in [2.24, 2.45) is 10.8 Å². The van der Waals surface area contributed by atoms with Crippen LogP contribution in [0.15, 0.2) is 0 Å². The Bertz CT molecular complexity index is 427. The van der Waals surface area contributed by atoms with E-state index in [1.165, 1.54) is 6.66 Å². The first-order valence-corrected chi connectivity index (χ1v) is 11.6. The summed E-state index contributed by atoms with van der Waals surface area (Å²) >= 11 is 0. The largest absolute Gasteiger partial charge is 0.394 e. The van der Waals surface area contributed by atoms with E-state index in [1.807, 2.05) is 41.5 Å². The minimum absolute atomic E-state index is 0.0465. The molecule has 0 aliphatic carbocycles. The predicted octanol–water partition coefficient (Wildman–Crippen LogP) is 2.45. The molecule has 0 aliphatic heterocycles. The van der Waals surface area contributed by atoms with Crippen molar-refractivity contribution in [3.63, 3.8) is 0 Å². The van der Waals surface area contributed by atoms with E-state index in [-0.39, 0.29) is 23.8 Å². The Kier molecular flexibility index (Phi) is 11.4. The number of hydrogen-bond acceptors (Lipinski definition) is 5. The van der Waals surface area contributed by atoms with E-state index < -0.39 is 27.4 Å². The van der Waals surface area contributed by atoms with Gasteiger partial charge in [-0.25, -0.2) is 0 Å². The highest BCUT2D eigenvalue weighted by Crippen LogP contribution is 2.36. The Morgan fingerprint density at radius 3 is 1.67 bits per heavy atom. The molecular formula is C14H34O8P2. The third-order valence-corrected chi connectivity index (χ3v) is 3.59. The molecule has 0 radical (unpaired) electrons. The van der Waals surface area contributed by atoms with Crippen molar-refractivity contribution in [1.29, 1.82) is 0 Å². The molecule has 24 heavy (non-hydrogen) atoms. The standard InChI is InChI=1S/C8H19O4P.C6H15O4P/c1-8(2,3)7(5-9)12-6-13(4,10)11;1-6(2,3)4-10-5-11(7,8)9/h7,9H,5-6H2,1-4H3,(H,10,11);4-5H2,1-3H3,(H2,7,8,9). The van der Waals surface area contributed by atoms with Crippen molar-refractivity contribution in [2.75, 3.05) is 32.6 Å². The van der Waals surface area contributed by atoms with Crippen LogP contribution in [0.2, 0.25) is 0 Å². The van der Waals surface area contributed by atoms with Crippen molar-refractivity contribution in [2.45, 2.75) is 47.6 Å². The first kappa shape index (κ1) is 26.4. The smallest absolute Gasteiger partial charge is 0.350 e. The van der Waals surface area contributed by atoms with Crippen molar-refractivity contribution >= 4 is 15.0 Å². The first-order valence-electron chi connectivity index (χ1n) is 7.51. The highest BCUT2D eigenvalue weighted by atomic mass is 31.2. The van der Waals surface area contributed by atoms with Gasteiger partial charge in [0.25, 0.3) is 0 Å². The molecule has 0 aromatic carbocycles. The monoisotopic (exact) mass is 392 g/mol. The fraction of sp³-hybridized carbons (Fsp3) is 1.00. The maximum absolute atomic E-state index is 10.9. The van der Waals surface area contributed by atoms with Gasteiger partial charge in [0.2, 0.25) is 7.37 Å². The summed E-state index contributed by atoms with van der Waals surface area (Å²) in [6.45, 7) is 13.0. The molecule has 0 aromatic rings. The van der Waals surface area contributed by atoms with Gasteiger partial charge in [0.1, 0.15) is 12.7 Å². The van der Waals surface area contributed by atoms with Crippen molar-refractivity contribution in [3.8, 4) is 0 Å². The molecule has 148 valence electrons. The predicted molar refractivity (Wildman–Crippen MR) is 94.3 cm³/mol. The van der Waals surface area contributed by atoms with E-state index in [1.54, 1.807) is 0 Å². The summed E-state index contributed by atoms with van der Waals surface area (Å²) in [5.74, 6) is 0. The van der Waals surface area contributed by atoms with Gasteiger partial charge in [-0.3, -0.25) is 9.13 Å². The molecule has 0 saturated heterocycles. The lowest BCUT2D eigenvalue weighted by molar-refractivity contribution is -0.0328. The number of aliphatic hydroxyl groups excluding tert-OH is 1. The molecule has 0 saturated carbocycles. The van der Waals surface area contributed by atoms with Gasteiger partial charge >= 0.3 is 7.60 Å². The SMILES string of the molecule is CC(C)(C)C(CO)OCP(C)(=O)O.CC(C)(C)COCP(=O)(O)O. The summed E-state index contributed by atoms with van der Waals surface area (Å²) in [5.41, 5.74) is -0.265. The van der Waals surface area contributed by atoms with Gasteiger partial charge in [-0.05, 0) is 10.8 Å². The zero-order valence-electron chi connectivity index (χ0n) is 15.7. The Balaban J connectivity index is 0. The first-order chi connectivity index (χ1) is 10.4. The van der Waals surface area contributed by atoms with E-state index >= 15 is 0 Å². The highest BCUT2D eigenvalue weighted by molar-refractivity contribution is 7.56. The quantitative estimate of drug-likeness (QED) is 0.486. The van der Waals surface area contributed by atoms with Gasteiger partial charge in [0.15, 0.2) is 0 Å². The number of ether oxygens (including phenoxy) is 2. The van der Waals surface area contributed by atoms with E-state index in [9.17, 15) is 9.13 Å². The maximum atomic E-state index is 10.9. The molecule has 0 aromatic heterocycles. The van der Waals surface area contributed by atoms with E-state index in [2.05, 4.69) is 0 Å². The summed E-state index contributed by atoms with van der Waals surface area (Å²) in [5, 5.41) is 8.96. The van der Waals surface area contributed by atoms with Crippen molar-refractivity contribution in [1.82, 2.24) is 0 Å². The zero-order chi connectivity index (χ0) is 19.8. The Hall–Kier alpha value is 0.220. The van der Waals surface area contributed by atoms with Crippen LogP contribution in [0.4, 0.5) is 0 Å². The van der Waals surface area contributed by atoms with E-state index in [4.69, 9.17) is 29.3 Å². The normalized spacial score (nSPS) is 16.8. The van der Waals surface area contributed by atoms with Gasteiger partial charge in [-0.1, -0.05) is 41.5 Å². The van der Waals surface area contributed by atoms with Crippen LogP contribution < -0.4 is 0 Å². The molecule has 8 nitrogen and oxygen atoms in total. The Morgan fingerprint density at radius 2 is 1.42 bits per heavy atom. The van der Waals surface area contributed by atoms with Crippen LogP contribution in [0.3, 0.4) is 0 Å². The second kappa shape index (κ2) is 10.4. The van der Waals surface area contributed by atoms with Gasteiger partial charge in [-0.2, -0.15) is 0 Å². The van der Waals surface area contributed by atoms with Crippen molar-refractivity contribution < 1.29 is 38.4 Å². The van der Waals surface area contributed by atoms with Gasteiger partial charge < -0.3 is 29.3 Å². The maximum Gasteiger partial charge on any atom is 0.350 e. The fourth-order valence-electron chi connectivity index (χ4n) is 1.28. The summed E-state index contributed by atoms with van der Waals surface area (Å²) < 4.78 is 31.2. The summed E-state index contributed by atoms with van der Waals surface area (Å²) in [7, 11) is -7.11. The molecule has 4 N–H and O–H groups in total. The van der Waals surface area contributed by atoms with Crippen LogP contribution >= 0.6 is 15.0 Å². The molecule has 0 amide bonds. The Morgan fingerprint density at radius 1 is 0.958 bits per heavy atom. The molecule has 0 spiro atoms. The third-order valence-electron chi connectivity index (χ3n) is 2.44.